The highest BCUT2D eigenvalue weighted by atomic mass is 35.5. The molecule has 4 rings (SSSR count). The quantitative estimate of drug-likeness (QED) is 0.723. The van der Waals surface area contributed by atoms with Gasteiger partial charge in [0.25, 0.3) is 0 Å². The van der Waals surface area contributed by atoms with E-state index in [0.717, 1.165) is 0 Å². The molecule has 1 aliphatic heterocycles. The predicted molar refractivity (Wildman–Crippen MR) is 99.0 cm³/mol. The first-order valence-electron chi connectivity index (χ1n) is 8.18. The molecule has 0 saturated heterocycles. The molecule has 7 heteroatoms. The van der Waals surface area contributed by atoms with Crippen LogP contribution in [0.25, 0.3) is 5.69 Å². The van der Waals surface area contributed by atoms with E-state index in [1.54, 1.807) is 48.0 Å². The Morgan fingerprint density at radius 1 is 1.26 bits per heavy atom. The molecule has 0 spiro atoms. The first-order chi connectivity index (χ1) is 13.0. The van der Waals surface area contributed by atoms with Crippen molar-refractivity contribution in [1.29, 1.82) is 5.26 Å². The lowest BCUT2D eigenvalue weighted by atomic mass is 9.84. The third-order valence-electron chi connectivity index (χ3n) is 4.50. The Morgan fingerprint density at radius 3 is 2.74 bits per heavy atom. The highest BCUT2D eigenvalue weighted by Gasteiger charge is 2.37. The van der Waals surface area contributed by atoms with Gasteiger partial charge in [0.05, 0.1) is 22.9 Å². The van der Waals surface area contributed by atoms with Gasteiger partial charge in [-0.05, 0) is 31.2 Å². The van der Waals surface area contributed by atoms with E-state index in [4.69, 9.17) is 22.1 Å². The van der Waals surface area contributed by atoms with Crippen molar-refractivity contribution in [3.05, 3.63) is 87.6 Å². The first-order valence-corrected chi connectivity index (χ1v) is 8.56. The molecule has 134 valence electrons. The maximum absolute atomic E-state index is 14.6. The molecule has 2 N–H and O–H groups in total. The van der Waals surface area contributed by atoms with E-state index in [9.17, 15) is 9.65 Å². The number of allylic oxidation sites excluding steroid dienone is 1. The summed E-state index contributed by atoms with van der Waals surface area (Å²) in [6.45, 7) is 1.79. The van der Waals surface area contributed by atoms with Gasteiger partial charge in [-0.15, -0.1) is 0 Å². The van der Waals surface area contributed by atoms with E-state index < -0.39 is 11.7 Å². The average molecular weight is 381 g/mol. The zero-order valence-electron chi connectivity index (χ0n) is 14.3. The molecule has 1 aromatic heterocycles. The predicted octanol–water partition coefficient (Wildman–Crippen LogP) is 4.19. The molecule has 3 aromatic rings. The number of rotatable bonds is 2. The molecule has 2 aromatic carbocycles. The van der Waals surface area contributed by atoms with Crippen LogP contribution in [0.3, 0.4) is 0 Å². The molecule has 5 nitrogen and oxygen atoms in total. The van der Waals surface area contributed by atoms with Crippen molar-refractivity contribution < 1.29 is 9.13 Å². The Kier molecular flexibility index (Phi) is 4.09. The van der Waals surface area contributed by atoms with Crippen LogP contribution < -0.4 is 10.5 Å². The van der Waals surface area contributed by atoms with E-state index in [0.29, 0.717) is 33.4 Å². The number of benzene rings is 2. The molecule has 27 heavy (non-hydrogen) atoms. The second kappa shape index (κ2) is 6.45. The fraction of sp³-hybridized carbons (Fsp3) is 0.100. The minimum atomic E-state index is -0.701. The van der Waals surface area contributed by atoms with Crippen LogP contribution in [0.5, 0.6) is 5.88 Å². The lowest BCUT2D eigenvalue weighted by molar-refractivity contribution is 0.366. The zero-order chi connectivity index (χ0) is 19.1. The topological polar surface area (TPSA) is 76.9 Å². The van der Waals surface area contributed by atoms with Crippen molar-refractivity contribution in [1.82, 2.24) is 9.78 Å². The van der Waals surface area contributed by atoms with Crippen LogP contribution in [0.15, 0.2) is 60.0 Å². The normalized spacial score (nSPS) is 15.9. The van der Waals surface area contributed by atoms with Crippen molar-refractivity contribution in [2.45, 2.75) is 12.8 Å². The molecule has 0 saturated carbocycles. The fourth-order valence-electron chi connectivity index (χ4n) is 3.32. The fourth-order valence-corrected chi connectivity index (χ4v) is 3.50. The summed E-state index contributed by atoms with van der Waals surface area (Å²) in [6.07, 6.45) is 0. The van der Waals surface area contributed by atoms with Crippen LogP contribution in [0, 0.1) is 24.1 Å². The van der Waals surface area contributed by atoms with Crippen LogP contribution in [0.2, 0.25) is 5.02 Å². The van der Waals surface area contributed by atoms with Gasteiger partial charge in [0, 0.05) is 10.6 Å². The molecule has 0 bridgehead atoms. The van der Waals surface area contributed by atoms with Crippen molar-refractivity contribution in [2.75, 3.05) is 0 Å². The summed E-state index contributed by atoms with van der Waals surface area (Å²) < 4.78 is 21.9. The number of nitrogens with zero attached hydrogens (tertiary/aromatic N) is 3. The number of fused-ring (bicyclic) bond motifs is 1. The molecular weight excluding hydrogens is 367 g/mol. The summed E-state index contributed by atoms with van der Waals surface area (Å²) >= 11 is 6.10. The van der Waals surface area contributed by atoms with Gasteiger partial charge in [0.2, 0.25) is 11.8 Å². The number of hydrogen-bond donors (Lipinski definition) is 1. The smallest absolute Gasteiger partial charge is 0.229 e. The van der Waals surface area contributed by atoms with Crippen molar-refractivity contribution in [2.24, 2.45) is 5.73 Å². The third-order valence-corrected chi connectivity index (χ3v) is 4.74. The molecule has 0 aliphatic carbocycles. The minimum Gasteiger partial charge on any atom is -0.422 e. The third kappa shape index (κ3) is 2.73. The van der Waals surface area contributed by atoms with Gasteiger partial charge in [0.15, 0.2) is 0 Å². The number of hydrogen-bond acceptors (Lipinski definition) is 4. The number of aryl methyl sites for hydroxylation is 1. The Hall–Kier alpha value is -3.30. The summed E-state index contributed by atoms with van der Waals surface area (Å²) in [5.41, 5.74) is 8.40. The second-order valence-electron chi connectivity index (χ2n) is 6.14. The van der Waals surface area contributed by atoms with Gasteiger partial charge in [-0.2, -0.15) is 10.4 Å². The van der Waals surface area contributed by atoms with E-state index in [-0.39, 0.29) is 11.5 Å². The largest absolute Gasteiger partial charge is 0.422 e. The van der Waals surface area contributed by atoms with Crippen LogP contribution in [-0.4, -0.2) is 9.78 Å². The Labute approximate surface area is 160 Å². The van der Waals surface area contributed by atoms with Gasteiger partial charge in [-0.1, -0.05) is 35.9 Å². The number of halogens is 2. The SMILES string of the molecule is Cc1nn(-c2cccc(Cl)c2)c2c1[C@@H](c1ccccc1F)C(C#N)=C(N)O2. The molecule has 0 amide bonds. The molecule has 1 aliphatic rings. The monoisotopic (exact) mass is 380 g/mol. The van der Waals surface area contributed by atoms with E-state index in [1.165, 1.54) is 6.07 Å². The van der Waals surface area contributed by atoms with Gasteiger partial charge < -0.3 is 10.5 Å². The van der Waals surface area contributed by atoms with E-state index >= 15 is 0 Å². The minimum absolute atomic E-state index is 0.0681. The summed E-state index contributed by atoms with van der Waals surface area (Å²) in [6, 6.07) is 15.5. The Balaban J connectivity index is 1.99. The summed E-state index contributed by atoms with van der Waals surface area (Å²) in [5.74, 6) is -0.848. The summed E-state index contributed by atoms with van der Waals surface area (Å²) in [4.78, 5) is 0. The number of aromatic nitrogens is 2. The van der Waals surface area contributed by atoms with Crippen LogP contribution in [0.1, 0.15) is 22.7 Å². The zero-order valence-corrected chi connectivity index (χ0v) is 15.0. The number of nitrogens with two attached hydrogens (primary N) is 1. The molecule has 0 unspecified atom stereocenters. The molecular formula is C20H14ClFN4O. The Bertz CT molecular complexity index is 1130. The van der Waals surface area contributed by atoms with Crippen molar-refractivity contribution >= 4 is 11.6 Å². The van der Waals surface area contributed by atoms with Gasteiger partial charge >= 0.3 is 0 Å². The Morgan fingerprint density at radius 2 is 2.04 bits per heavy atom. The van der Waals surface area contributed by atoms with Gasteiger partial charge in [-0.3, -0.25) is 0 Å². The summed E-state index contributed by atoms with van der Waals surface area (Å²) in [7, 11) is 0. The van der Waals surface area contributed by atoms with Crippen LogP contribution >= 0.6 is 11.6 Å². The molecule has 2 heterocycles. The lowest BCUT2D eigenvalue weighted by Gasteiger charge is -2.25. The maximum atomic E-state index is 14.6. The lowest BCUT2D eigenvalue weighted by Crippen LogP contribution is -2.22. The highest BCUT2D eigenvalue weighted by Crippen LogP contribution is 2.45. The standard InChI is InChI=1S/C20H14ClFN4O/c1-11-17-18(14-7-2-3-8-16(14)22)15(10-23)19(24)27-20(17)26(25-11)13-6-4-5-12(21)9-13/h2-9,18H,24H2,1H3/t18-/m0/s1. The average Bonchev–Trinajstić information content (AvgIpc) is 2.97. The van der Waals surface area contributed by atoms with Crippen LogP contribution in [0.4, 0.5) is 4.39 Å². The van der Waals surface area contributed by atoms with E-state index in [2.05, 4.69) is 11.2 Å². The van der Waals surface area contributed by atoms with Crippen molar-refractivity contribution in [3.63, 3.8) is 0 Å². The number of nitriles is 1. The molecule has 1 atom stereocenters. The summed E-state index contributed by atoms with van der Waals surface area (Å²) in [5, 5.41) is 14.7. The maximum Gasteiger partial charge on any atom is 0.229 e. The van der Waals surface area contributed by atoms with Gasteiger partial charge in [0.1, 0.15) is 17.5 Å². The first kappa shape index (κ1) is 17.1. The highest BCUT2D eigenvalue weighted by molar-refractivity contribution is 6.30. The van der Waals surface area contributed by atoms with E-state index in [1.807, 2.05) is 6.07 Å². The molecule has 0 fully saturated rings. The molecule has 0 radical (unpaired) electrons. The number of ether oxygens (including phenoxy) is 1. The van der Waals surface area contributed by atoms with Crippen molar-refractivity contribution in [3.8, 4) is 17.6 Å². The second-order valence-corrected chi connectivity index (χ2v) is 6.58. The van der Waals surface area contributed by atoms with Crippen LogP contribution in [-0.2, 0) is 0 Å². The van der Waals surface area contributed by atoms with Gasteiger partial charge in [-0.25, -0.2) is 9.07 Å².